The van der Waals surface area contributed by atoms with Crippen molar-refractivity contribution in [2.75, 3.05) is 7.11 Å². The number of benzene rings is 1. The van der Waals surface area contributed by atoms with Gasteiger partial charge in [0, 0.05) is 10.6 Å². The summed E-state index contributed by atoms with van der Waals surface area (Å²) in [7, 11) is 1.56. The molecule has 1 rings (SSSR count). The zero-order valence-electron chi connectivity index (χ0n) is 7.95. The van der Waals surface area contributed by atoms with Gasteiger partial charge in [0.2, 0.25) is 6.08 Å². The third-order valence-electron chi connectivity index (χ3n) is 1.89. The Morgan fingerprint density at radius 3 is 2.86 bits per heavy atom. The van der Waals surface area contributed by atoms with Crippen LogP contribution in [0.1, 0.15) is 18.5 Å². The minimum Gasteiger partial charge on any atom is -0.496 e. The highest BCUT2D eigenvalue weighted by molar-refractivity contribution is 6.30. The zero-order valence-corrected chi connectivity index (χ0v) is 8.71. The molecule has 0 aromatic heterocycles. The first kappa shape index (κ1) is 10.8. The average molecular weight is 212 g/mol. The Labute approximate surface area is 87.4 Å². The number of aliphatic imine (C=N–C) groups is 1. The van der Waals surface area contributed by atoms with Gasteiger partial charge in [0.1, 0.15) is 5.75 Å². The zero-order chi connectivity index (χ0) is 10.6. The standard InChI is InChI=1S/C10H10ClNO2/c1-7(12-6-13)9-5-8(11)3-4-10(9)14-2/h3-5,7H,1-2H3. The van der Waals surface area contributed by atoms with Crippen LogP contribution in [0.4, 0.5) is 0 Å². The van der Waals surface area contributed by atoms with Crippen molar-refractivity contribution in [1.29, 1.82) is 0 Å². The summed E-state index contributed by atoms with van der Waals surface area (Å²) < 4.78 is 5.12. The molecule has 0 amide bonds. The Morgan fingerprint density at radius 2 is 2.29 bits per heavy atom. The van der Waals surface area contributed by atoms with Crippen molar-refractivity contribution >= 4 is 17.7 Å². The highest BCUT2D eigenvalue weighted by Crippen LogP contribution is 2.29. The number of hydrogen-bond donors (Lipinski definition) is 0. The smallest absolute Gasteiger partial charge is 0.235 e. The molecule has 0 aliphatic heterocycles. The van der Waals surface area contributed by atoms with Crippen LogP contribution in [0.25, 0.3) is 0 Å². The quantitative estimate of drug-likeness (QED) is 0.570. The maximum Gasteiger partial charge on any atom is 0.235 e. The van der Waals surface area contributed by atoms with Crippen LogP contribution in [0.3, 0.4) is 0 Å². The Bertz CT molecular complexity index is 372. The number of hydrogen-bond acceptors (Lipinski definition) is 3. The predicted molar refractivity (Wildman–Crippen MR) is 54.5 cm³/mol. The monoisotopic (exact) mass is 211 g/mol. The van der Waals surface area contributed by atoms with Gasteiger partial charge in [-0.25, -0.2) is 4.79 Å². The average Bonchev–Trinajstić information content (AvgIpc) is 2.18. The Balaban J connectivity index is 3.15. The number of carbonyl (C=O) groups excluding carboxylic acids is 1. The van der Waals surface area contributed by atoms with Crippen LogP contribution in [0, 0.1) is 0 Å². The van der Waals surface area contributed by atoms with Crippen molar-refractivity contribution in [3.63, 3.8) is 0 Å². The normalized spacial score (nSPS) is 11.6. The number of methoxy groups -OCH3 is 1. The lowest BCUT2D eigenvalue weighted by Gasteiger charge is -2.10. The van der Waals surface area contributed by atoms with Gasteiger partial charge < -0.3 is 4.74 Å². The van der Waals surface area contributed by atoms with Gasteiger partial charge >= 0.3 is 0 Å². The maximum atomic E-state index is 10.1. The van der Waals surface area contributed by atoms with E-state index in [1.165, 1.54) is 6.08 Å². The molecule has 0 bridgehead atoms. The van der Waals surface area contributed by atoms with E-state index in [2.05, 4.69) is 4.99 Å². The van der Waals surface area contributed by atoms with Crippen molar-refractivity contribution in [2.45, 2.75) is 13.0 Å². The molecule has 14 heavy (non-hydrogen) atoms. The maximum absolute atomic E-state index is 10.1. The molecule has 1 aromatic carbocycles. The summed E-state index contributed by atoms with van der Waals surface area (Å²) in [6, 6.07) is 4.91. The predicted octanol–water partition coefficient (Wildman–Crippen LogP) is 2.75. The molecule has 4 heteroatoms. The molecule has 1 aromatic rings. The van der Waals surface area contributed by atoms with Crippen molar-refractivity contribution in [3.05, 3.63) is 28.8 Å². The number of halogens is 1. The van der Waals surface area contributed by atoms with E-state index in [4.69, 9.17) is 16.3 Å². The van der Waals surface area contributed by atoms with Gasteiger partial charge in [0.25, 0.3) is 0 Å². The molecular weight excluding hydrogens is 202 g/mol. The summed E-state index contributed by atoms with van der Waals surface area (Å²) in [6.45, 7) is 1.78. The van der Waals surface area contributed by atoms with E-state index in [9.17, 15) is 4.79 Å². The number of nitrogens with zero attached hydrogens (tertiary/aromatic N) is 1. The van der Waals surface area contributed by atoms with Crippen LogP contribution >= 0.6 is 11.6 Å². The first-order chi connectivity index (χ1) is 6.69. The van der Waals surface area contributed by atoms with E-state index in [1.807, 2.05) is 0 Å². The van der Waals surface area contributed by atoms with Gasteiger partial charge in [-0.3, -0.25) is 0 Å². The fourth-order valence-corrected chi connectivity index (χ4v) is 1.36. The molecule has 0 heterocycles. The summed E-state index contributed by atoms with van der Waals surface area (Å²) >= 11 is 5.82. The van der Waals surface area contributed by atoms with Gasteiger partial charge in [0.15, 0.2) is 0 Å². The SMILES string of the molecule is COc1ccc(Cl)cc1C(C)N=C=O. The lowest BCUT2D eigenvalue weighted by molar-refractivity contribution is 0.407. The highest BCUT2D eigenvalue weighted by atomic mass is 35.5. The first-order valence-electron chi connectivity index (χ1n) is 4.09. The van der Waals surface area contributed by atoms with Crippen molar-refractivity contribution < 1.29 is 9.53 Å². The minimum absolute atomic E-state index is 0.291. The number of ether oxygens (including phenoxy) is 1. The van der Waals surface area contributed by atoms with E-state index in [-0.39, 0.29) is 6.04 Å². The topological polar surface area (TPSA) is 38.7 Å². The molecule has 3 nitrogen and oxygen atoms in total. The molecular formula is C10H10ClNO2. The lowest BCUT2D eigenvalue weighted by atomic mass is 10.1. The van der Waals surface area contributed by atoms with Crippen LogP contribution < -0.4 is 4.74 Å². The molecule has 74 valence electrons. The van der Waals surface area contributed by atoms with Crippen LogP contribution in [-0.2, 0) is 4.79 Å². The van der Waals surface area contributed by atoms with E-state index >= 15 is 0 Å². The van der Waals surface area contributed by atoms with E-state index in [1.54, 1.807) is 32.2 Å². The van der Waals surface area contributed by atoms with Gasteiger partial charge in [-0.05, 0) is 25.1 Å². The molecule has 0 radical (unpaired) electrons. The Hall–Kier alpha value is -1.31. The number of isocyanates is 1. The van der Waals surface area contributed by atoms with Crippen molar-refractivity contribution in [1.82, 2.24) is 0 Å². The van der Waals surface area contributed by atoms with Gasteiger partial charge in [-0.2, -0.15) is 4.99 Å². The summed E-state index contributed by atoms with van der Waals surface area (Å²) in [5.41, 5.74) is 0.781. The first-order valence-corrected chi connectivity index (χ1v) is 4.47. The van der Waals surface area contributed by atoms with Gasteiger partial charge in [-0.1, -0.05) is 11.6 Å². The van der Waals surface area contributed by atoms with Gasteiger partial charge in [-0.15, -0.1) is 0 Å². The second-order valence-electron chi connectivity index (χ2n) is 2.78. The summed E-state index contributed by atoms with van der Waals surface area (Å²) in [5, 5.41) is 0.591. The Morgan fingerprint density at radius 1 is 1.57 bits per heavy atom. The second-order valence-corrected chi connectivity index (χ2v) is 3.22. The number of rotatable bonds is 3. The molecule has 0 saturated carbocycles. The molecule has 0 fully saturated rings. The summed E-state index contributed by atoms with van der Waals surface area (Å²) in [4.78, 5) is 13.7. The van der Waals surface area contributed by atoms with E-state index in [0.29, 0.717) is 10.8 Å². The van der Waals surface area contributed by atoms with Crippen LogP contribution in [0.15, 0.2) is 23.2 Å². The summed E-state index contributed by atoms with van der Waals surface area (Å²) in [6.07, 6.45) is 1.51. The summed E-state index contributed by atoms with van der Waals surface area (Å²) in [5.74, 6) is 0.668. The molecule has 0 N–H and O–H groups in total. The molecule has 1 unspecified atom stereocenters. The van der Waals surface area contributed by atoms with Crippen LogP contribution in [0.2, 0.25) is 5.02 Å². The third kappa shape index (κ3) is 2.34. The van der Waals surface area contributed by atoms with Crippen molar-refractivity contribution in [2.24, 2.45) is 4.99 Å². The second kappa shape index (κ2) is 4.80. The molecule has 0 spiro atoms. The Kier molecular flexibility index (Phi) is 3.69. The van der Waals surface area contributed by atoms with E-state index < -0.39 is 0 Å². The van der Waals surface area contributed by atoms with Crippen molar-refractivity contribution in [3.8, 4) is 5.75 Å². The van der Waals surface area contributed by atoms with Crippen LogP contribution in [0.5, 0.6) is 5.75 Å². The largest absolute Gasteiger partial charge is 0.496 e. The molecule has 0 aliphatic rings. The lowest BCUT2D eigenvalue weighted by Crippen LogP contribution is -1.95. The van der Waals surface area contributed by atoms with Gasteiger partial charge in [0.05, 0.1) is 13.2 Å². The molecule has 0 saturated heterocycles. The fourth-order valence-electron chi connectivity index (χ4n) is 1.18. The fraction of sp³-hybridized carbons (Fsp3) is 0.300. The molecule has 0 aliphatic carbocycles. The minimum atomic E-state index is -0.291. The third-order valence-corrected chi connectivity index (χ3v) is 2.12. The van der Waals surface area contributed by atoms with Crippen LogP contribution in [-0.4, -0.2) is 13.2 Å². The van der Waals surface area contributed by atoms with E-state index in [0.717, 1.165) is 5.56 Å². The molecule has 1 atom stereocenters. The highest BCUT2D eigenvalue weighted by Gasteiger charge is 2.10.